The van der Waals surface area contributed by atoms with E-state index in [1.54, 1.807) is 0 Å². The van der Waals surface area contributed by atoms with Gasteiger partial charge in [-0.15, -0.1) is 0 Å². The summed E-state index contributed by atoms with van der Waals surface area (Å²) in [5, 5.41) is 9.22. The first-order valence-electron chi connectivity index (χ1n) is 8.54. The van der Waals surface area contributed by atoms with Crippen LogP contribution in [0.4, 0.5) is 0 Å². The number of carbonyl (C=O) groups is 2. The van der Waals surface area contributed by atoms with Gasteiger partial charge in [0.2, 0.25) is 10.0 Å². The third-order valence-electron chi connectivity index (χ3n) is 4.87. The zero-order valence-corrected chi connectivity index (χ0v) is 14.7. The molecule has 0 spiro atoms. The van der Waals surface area contributed by atoms with Crippen LogP contribution in [0.25, 0.3) is 0 Å². The Kier molecular flexibility index (Phi) is 5.10. The summed E-state index contributed by atoms with van der Waals surface area (Å²) in [5.74, 6) is -1.47. The van der Waals surface area contributed by atoms with E-state index in [0.717, 1.165) is 25.7 Å². The highest BCUT2D eigenvalue weighted by molar-refractivity contribution is 7.89. The number of carboxylic acid groups (broad SMARTS) is 1. The molecular formula is C17H22N2O5S. The number of nitrogens with zero attached hydrogens (tertiary/aromatic N) is 1. The summed E-state index contributed by atoms with van der Waals surface area (Å²) in [6.07, 6.45) is 4.72. The molecule has 1 amide bonds. The second kappa shape index (κ2) is 7.13. The van der Waals surface area contributed by atoms with Crippen molar-refractivity contribution in [2.75, 3.05) is 6.54 Å². The Hall–Kier alpha value is -1.93. The normalized spacial score (nSPS) is 21.6. The van der Waals surface area contributed by atoms with Gasteiger partial charge in [-0.1, -0.05) is 18.9 Å². The van der Waals surface area contributed by atoms with Gasteiger partial charge in [-0.2, -0.15) is 0 Å². The van der Waals surface area contributed by atoms with Crippen LogP contribution in [0.3, 0.4) is 0 Å². The topological polar surface area (TPSA) is 104 Å². The number of carbonyl (C=O) groups excluding carboxylic acids is 1. The van der Waals surface area contributed by atoms with Crippen molar-refractivity contribution in [2.24, 2.45) is 0 Å². The highest BCUT2D eigenvalue weighted by atomic mass is 32.2. The first kappa shape index (κ1) is 17.9. The number of hydrogen-bond acceptors (Lipinski definition) is 4. The van der Waals surface area contributed by atoms with Gasteiger partial charge >= 0.3 is 5.97 Å². The van der Waals surface area contributed by atoms with Crippen LogP contribution in [-0.4, -0.2) is 48.9 Å². The predicted octanol–water partition coefficient (Wildman–Crippen LogP) is 1.60. The van der Waals surface area contributed by atoms with Crippen LogP contribution in [0, 0.1) is 0 Å². The van der Waals surface area contributed by atoms with Gasteiger partial charge in [-0.3, -0.25) is 4.79 Å². The molecule has 0 radical (unpaired) electrons. The van der Waals surface area contributed by atoms with Crippen molar-refractivity contribution in [3.8, 4) is 0 Å². The Morgan fingerprint density at radius 1 is 1.12 bits per heavy atom. The molecule has 1 saturated carbocycles. The summed E-state index contributed by atoms with van der Waals surface area (Å²) in [6.45, 7) is 0.368. The second-order valence-electron chi connectivity index (χ2n) is 6.63. The molecule has 2 N–H and O–H groups in total. The van der Waals surface area contributed by atoms with E-state index in [-0.39, 0.29) is 16.5 Å². The average Bonchev–Trinajstić information content (AvgIpc) is 3.25. The van der Waals surface area contributed by atoms with Gasteiger partial charge in [-0.05, 0) is 43.9 Å². The van der Waals surface area contributed by atoms with Crippen molar-refractivity contribution in [2.45, 2.75) is 55.5 Å². The van der Waals surface area contributed by atoms with Crippen molar-refractivity contribution < 1.29 is 23.1 Å². The minimum atomic E-state index is -3.69. The van der Waals surface area contributed by atoms with Crippen LogP contribution >= 0.6 is 0 Å². The maximum absolute atomic E-state index is 12.6. The monoisotopic (exact) mass is 366 g/mol. The van der Waals surface area contributed by atoms with Crippen LogP contribution in [0.2, 0.25) is 0 Å². The molecule has 8 heteroatoms. The van der Waals surface area contributed by atoms with Gasteiger partial charge in [0, 0.05) is 18.2 Å². The Morgan fingerprint density at radius 2 is 1.84 bits per heavy atom. The zero-order valence-electron chi connectivity index (χ0n) is 13.8. The summed E-state index contributed by atoms with van der Waals surface area (Å²) in [7, 11) is -3.69. The van der Waals surface area contributed by atoms with E-state index in [4.69, 9.17) is 0 Å². The number of aliphatic carboxylic acids is 1. The molecule has 1 aliphatic heterocycles. The molecule has 0 aromatic heterocycles. The molecule has 1 aromatic carbocycles. The molecule has 1 atom stereocenters. The summed E-state index contributed by atoms with van der Waals surface area (Å²) < 4.78 is 27.7. The van der Waals surface area contributed by atoms with Crippen LogP contribution in [-0.2, 0) is 14.8 Å². The molecule has 136 valence electrons. The van der Waals surface area contributed by atoms with Crippen LogP contribution in [0.5, 0.6) is 0 Å². The lowest BCUT2D eigenvalue weighted by atomic mass is 10.1. The third kappa shape index (κ3) is 3.85. The molecule has 1 heterocycles. The molecule has 1 unspecified atom stereocenters. The van der Waals surface area contributed by atoms with Gasteiger partial charge in [0.1, 0.15) is 6.04 Å². The van der Waals surface area contributed by atoms with Gasteiger partial charge < -0.3 is 10.0 Å². The van der Waals surface area contributed by atoms with E-state index in [9.17, 15) is 23.1 Å². The molecular weight excluding hydrogens is 344 g/mol. The Balaban J connectivity index is 1.81. The lowest BCUT2D eigenvalue weighted by molar-refractivity contribution is -0.141. The average molecular weight is 366 g/mol. The molecule has 2 fully saturated rings. The van der Waals surface area contributed by atoms with Crippen molar-refractivity contribution in [1.82, 2.24) is 9.62 Å². The van der Waals surface area contributed by atoms with Crippen molar-refractivity contribution in [3.05, 3.63) is 29.8 Å². The third-order valence-corrected chi connectivity index (χ3v) is 6.39. The molecule has 0 bridgehead atoms. The fraction of sp³-hybridized carbons (Fsp3) is 0.529. The van der Waals surface area contributed by atoms with Crippen molar-refractivity contribution in [3.63, 3.8) is 0 Å². The van der Waals surface area contributed by atoms with Gasteiger partial charge in [0.25, 0.3) is 5.91 Å². The molecule has 1 aliphatic carbocycles. The minimum Gasteiger partial charge on any atom is -0.480 e. The second-order valence-corrected chi connectivity index (χ2v) is 8.34. The van der Waals surface area contributed by atoms with Gasteiger partial charge in [-0.25, -0.2) is 17.9 Å². The fourth-order valence-electron chi connectivity index (χ4n) is 3.56. The SMILES string of the molecule is O=C(O)C1CCCN1C(=O)c1cccc(S(=O)(=O)NC2CCCC2)c1. The highest BCUT2D eigenvalue weighted by Gasteiger charge is 2.34. The summed E-state index contributed by atoms with van der Waals surface area (Å²) in [5.41, 5.74) is 0.197. The summed E-state index contributed by atoms with van der Waals surface area (Å²) >= 11 is 0. The minimum absolute atomic E-state index is 0.0383. The maximum Gasteiger partial charge on any atom is 0.326 e. The Morgan fingerprint density at radius 3 is 2.52 bits per heavy atom. The number of rotatable bonds is 5. The van der Waals surface area contributed by atoms with Crippen molar-refractivity contribution in [1.29, 1.82) is 0 Å². The molecule has 3 rings (SSSR count). The quantitative estimate of drug-likeness (QED) is 0.824. The van der Waals surface area contributed by atoms with Gasteiger partial charge in [0.15, 0.2) is 0 Å². The number of carboxylic acids is 1. The summed E-state index contributed by atoms with van der Waals surface area (Å²) in [6, 6.07) is 4.92. The fourth-order valence-corrected chi connectivity index (χ4v) is 4.91. The first-order valence-corrected chi connectivity index (χ1v) is 10.0. The number of amides is 1. The standard InChI is InChI=1S/C17H22N2O5S/c20-16(19-10-4-9-15(19)17(21)22)12-5-3-8-14(11-12)25(23,24)18-13-6-1-2-7-13/h3,5,8,11,13,15,18H,1-2,4,6-7,9-10H2,(H,21,22). The van der Waals surface area contributed by atoms with E-state index < -0.39 is 27.9 Å². The molecule has 7 nitrogen and oxygen atoms in total. The van der Waals surface area contributed by atoms with Gasteiger partial charge in [0.05, 0.1) is 4.90 Å². The van der Waals surface area contributed by atoms with Crippen LogP contribution < -0.4 is 4.72 Å². The number of hydrogen-bond donors (Lipinski definition) is 2. The molecule has 25 heavy (non-hydrogen) atoms. The summed E-state index contributed by atoms with van der Waals surface area (Å²) in [4.78, 5) is 25.2. The molecule has 1 saturated heterocycles. The first-order chi connectivity index (χ1) is 11.9. The van der Waals surface area contributed by atoms with E-state index in [0.29, 0.717) is 19.4 Å². The number of benzene rings is 1. The number of nitrogens with one attached hydrogen (secondary N) is 1. The molecule has 1 aromatic rings. The van der Waals surface area contributed by atoms with E-state index in [1.165, 1.54) is 29.2 Å². The zero-order chi connectivity index (χ0) is 18.0. The van der Waals surface area contributed by atoms with E-state index >= 15 is 0 Å². The van der Waals surface area contributed by atoms with E-state index in [1.807, 2.05) is 0 Å². The Labute approximate surface area is 147 Å². The maximum atomic E-state index is 12.6. The lowest BCUT2D eigenvalue weighted by Crippen LogP contribution is -2.40. The Bertz CT molecular complexity index is 771. The van der Waals surface area contributed by atoms with Crippen LogP contribution in [0.15, 0.2) is 29.2 Å². The molecule has 2 aliphatic rings. The smallest absolute Gasteiger partial charge is 0.326 e. The number of likely N-dealkylation sites (tertiary alicyclic amines) is 1. The largest absolute Gasteiger partial charge is 0.480 e. The van der Waals surface area contributed by atoms with E-state index in [2.05, 4.69) is 4.72 Å². The predicted molar refractivity (Wildman–Crippen MR) is 90.7 cm³/mol. The van der Waals surface area contributed by atoms with Crippen molar-refractivity contribution >= 4 is 21.9 Å². The highest BCUT2D eigenvalue weighted by Crippen LogP contribution is 2.23. The lowest BCUT2D eigenvalue weighted by Gasteiger charge is -2.21. The number of sulfonamides is 1. The van der Waals surface area contributed by atoms with Crippen LogP contribution in [0.1, 0.15) is 48.9 Å².